The van der Waals surface area contributed by atoms with Crippen molar-refractivity contribution >= 4 is 0 Å². The highest BCUT2D eigenvalue weighted by Crippen LogP contribution is 2.33. The van der Waals surface area contributed by atoms with Gasteiger partial charge in [-0.05, 0) is 18.9 Å². The SMILES string of the molecule is OCC(O)c1cc(C2CCCC2)[nH]n1. The Hall–Kier alpha value is -0.870. The van der Waals surface area contributed by atoms with E-state index in [1.165, 1.54) is 25.7 Å². The molecule has 2 rings (SSSR count). The van der Waals surface area contributed by atoms with E-state index < -0.39 is 6.10 Å². The Morgan fingerprint density at radius 1 is 1.50 bits per heavy atom. The summed E-state index contributed by atoms with van der Waals surface area (Å²) in [5, 5.41) is 25.1. The number of aromatic nitrogens is 2. The number of H-pyrrole nitrogens is 1. The summed E-state index contributed by atoms with van der Waals surface area (Å²) in [7, 11) is 0. The van der Waals surface area contributed by atoms with Crippen LogP contribution in [0.25, 0.3) is 0 Å². The maximum atomic E-state index is 9.35. The summed E-state index contributed by atoms with van der Waals surface area (Å²) in [5.41, 5.74) is 1.65. The van der Waals surface area contributed by atoms with Gasteiger partial charge in [-0.25, -0.2) is 0 Å². The summed E-state index contributed by atoms with van der Waals surface area (Å²) in [6.07, 6.45) is 4.12. The van der Waals surface area contributed by atoms with Crippen molar-refractivity contribution in [3.8, 4) is 0 Å². The molecule has 0 aliphatic heterocycles. The molecular formula is C10H16N2O2. The molecule has 1 unspecified atom stereocenters. The van der Waals surface area contributed by atoms with Crippen LogP contribution in [0.1, 0.15) is 49.1 Å². The molecule has 0 radical (unpaired) electrons. The maximum Gasteiger partial charge on any atom is 0.121 e. The summed E-state index contributed by atoms with van der Waals surface area (Å²) in [4.78, 5) is 0. The van der Waals surface area contributed by atoms with Gasteiger partial charge in [-0.3, -0.25) is 5.10 Å². The molecule has 3 N–H and O–H groups in total. The van der Waals surface area contributed by atoms with Crippen molar-refractivity contribution in [1.29, 1.82) is 0 Å². The normalized spacial score (nSPS) is 20.1. The van der Waals surface area contributed by atoms with Crippen LogP contribution in [0, 0.1) is 0 Å². The van der Waals surface area contributed by atoms with Crippen LogP contribution >= 0.6 is 0 Å². The molecule has 0 bridgehead atoms. The van der Waals surface area contributed by atoms with E-state index in [0.717, 1.165) is 5.69 Å². The number of nitrogens with zero attached hydrogens (tertiary/aromatic N) is 1. The van der Waals surface area contributed by atoms with Crippen molar-refractivity contribution in [2.75, 3.05) is 6.61 Å². The molecule has 1 aromatic heterocycles. The van der Waals surface area contributed by atoms with Gasteiger partial charge in [0.15, 0.2) is 0 Å². The van der Waals surface area contributed by atoms with Crippen molar-refractivity contribution in [2.45, 2.75) is 37.7 Å². The lowest BCUT2D eigenvalue weighted by Crippen LogP contribution is -2.02. The number of aliphatic hydroxyl groups excluding tert-OH is 2. The number of rotatable bonds is 3. The molecule has 1 aromatic rings. The van der Waals surface area contributed by atoms with Gasteiger partial charge in [0.1, 0.15) is 6.10 Å². The third kappa shape index (κ3) is 1.81. The van der Waals surface area contributed by atoms with Crippen LogP contribution in [0.2, 0.25) is 0 Å². The quantitative estimate of drug-likeness (QED) is 0.678. The molecule has 0 saturated heterocycles. The van der Waals surface area contributed by atoms with Crippen molar-refractivity contribution in [3.05, 3.63) is 17.5 Å². The van der Waals surface area contributed by atoms with E-state index in [9.17, 15) is 5.11 Å². The first-order chi connectivity index (χ1) is 6.81. The second kappa shape index (κ2) is 4.11. The lowest BCUT2D eigenvalue weighted by Gasteiger charge is -2.04. The van der Waals surface area contributed by atoms with Gasteiger partial charge in [0.25, 0.3) is 0 Å². The van der Waals surface area contributed by atoms with Crippen molar-refractivity contribution in [2.24, 2.45) is 0 Å². The first-order valence-corrected chi connectivity index (χ1v) is 5.15. The topological polar surface area (TPSA) is 69.1 Å². The van der Waals surface area contributed by atoms with Gasteiger partial charge in [0.2, 0.25) is 0 Å². The molecule has 1 aliphatic rings. The summed E-state index contributed by atoms with van der Waals surface area (Å²) in [6, 6.07) is 1.87. The van der Waals surface area contributed by atoms with Gasteiger partial charge in [0.05, 0.1) is 12.3 Å². The van der Waals surface area contributed by atoms with Crippen LogP contribution in [0.5, 0.6) is 0 Å². The Balaban J connectivity index is 2.08. The fraction of sp³-hybridized carbons (Fsp3) is 0.700. The van der Waals surface area contributed by atoms with Crippen molar-refractivity contribution in [1.82, 2.24) is 10.2 Å². The molecule has 1 atom stereocenters. The van der Waals surface area contributed by atoms with Gasteiger partial charge in [0, 0.05) is 11.6 Å². The minimum Gasteiger partial charge on any atom is -0.393 e. The van der Waals surface area contributed by atoms with Gasteiger partial charge in [-0.2, -0.15) is 5.10 Å². The fourth-order valence-electron chi connectivity index (χ4n) is 2.06. The molecule has 14 heavy (non-hydrogen) atoms. The highest BCUT2D eigenvalue weighted by atomic mass is 16.3. The predicted octanol–water partition coefficient (Wildman–Crippen LogP) is 1.09. The molecule has 4 heteroatoms. The standard InChI is InChI=1S/C10H16N2O2/c13-6-10(14)9-5-8(11-12-9)7-3-1-2-4-7/h5,7,10,13-14H,1-4,6H2,(H,11,12). The molecule has 1 aliphatic carbocycles. The van der Waals surface area contributed by atoms with E-state index in [1.54, 1.807) is 0 Å². The zero-order valence-electron chi connectivity index (χ0n) is 8.11. The van der Waals surface area contributed by atoms with Crippen LogP contribution in [0.3, 0.4) is 0 Å². The molecule has 0 spiro atoms. The number of hydrogen-bond acceptors (Lipinski definition) is 3. The second-order valence-corrected chi connectivity index (χ2v) is 3.93. The number of hydrogen-bond donors (Lipinski definition) is 3. The Morgan fingerprint density at radius 3 is 2.86 bits per heavy atom. The highest BCUT2D eigenvalue weighted by Gasteiger charge is 2.20. The largest absolute Gasteiger partial charge is 0.393 e. The van der Waals surface area contributed by atoms with Crippen LogP contribution in [-0.4, -0.2) is 27.0 Å². The minimum absolute atomic E-state index is 0.269. The Bertz CT molecular complexity index is 292. The number of aliphatic hydroxyl groups is 2. The fourth-order valence-corrected chi connectivity index (χ4v) is 2.06. The van der Waals surface area contributed by atoms with E-state index in [2.05, 4.69) is 10.2 Å². The summed E-state index contributed by atoms with van der Waals surface area (Å²) in [6.45, 7) is -0.269. The van der Waals surface area contributed by atoms with Crippen molar-refractivity contribution in [3.63, 3.8) is 0 Å². The predicted molar refractivity (Wildman–Crippen MR) is 51.8 cm³/mol. The first kappa shape index (κ1) is 9.68. The maximum absolute atomic E-state index is 9.35. The molecular weight excluding hydrogens is 180 g/mol. The van der Waals surface area contributed by atoms with E-state index in [1.807, 2.05) is 6.07 Å². The molecule has 0 amide bonds. The lowest BCUT2D eigenvalue weighted by molar-refractivity contribution is 0.0922. The van der Waals surface area contributed by atoms with Gasteiger partial charge in [-0.1, -0.05) is 12.8 Å². The number of aromatic amines is 1. The number of nitrogens with one attached hydrogen (secondary N) is 1. The van der Waals surface area contributed by atoms with Gasteiger partial charge >= 0.3 is 0 Å². The minimum atomic E-state index is -0.846. The summed E-state index contributed by atoms with van der Waals surface area (Å²) in [5.74, 6) is 0.571. The molecule has 4 nitrogen and oxygen atoms in total. The lowest BCUT2D eigenvalue weighted by atomic mass is 10.0. The highest BCUT2D eigenvalue weighted by molar-refractivity contribution is 5.15. The molecule has 1 saturated carbocycles. The van der Waals surface area contributed by atoms with Crippen LogP contribution < -0.4 is 0 Å². The van der Waals surface area contributed by atoms with Crippen molar-refractivity contribution < 1.29 is 10.2 Å². The molecule has 78 valence electrons. The van der Waals surface area contributed by atoms with Gasteiger partial charge < -0.3 is 10.2 Å². The molecule has 0 aromatic carbocycles. The van der Waals surface area contributed by atoms with E-state index in [0.29, 0.717) is 11.6 Å². The average Bonchev–Trinajstić information content (AvgIpc) is 2.86. The average molecular weight is 196 g/mol. The summed E-state index contributed by atoms with van der Waals surface area (Å²) < 4.78 is 0. The summed E-state index contributed by atoms with van der Waals surface area (Å²) >= 11 is 0. The smallest absolute Gasteiger partial charge is 0.121 e. The zero-order chi connectivity index (χ0) is 9.97. The Kier molecular flexibility index (Phi) is 2.84. The van der Waals surface area contributed by atoms with Gasteiger partial charge in [-0.15, -0.1) is 0 Å². The Labute approximate surface area is 83.0 Å². The first-order valence-electron chi connectivity index (χ1n) is 5.15. The monoisotopic (exact) mass is 196 g/mol. The zero-order valence-corrected chi connectivity index (χ0v) is 8.11. The van der Waals surface area contributed by atoms with Crippen LogP contribution in [-0.2, 0) is 0 Å². The third-order valence-corrected chi connectivity index (χ3v) is 2.93. The molecule has 1 fully saturated rings. The molecule has 1 heterocycles. The van der Waals surface area contributed by atoms with Crippen LogP contribution in [0.4, 0.5) is 0 Å². The third-order valence-electron chi connectivity index (χ3n) is 2.93. The van der Waals surface area contributed by atoms with Crippen LogP contribution in [0.15, 0.2) is 6.07 Å². The Morgan fingerprint density at radius 2 is 2.21 bits per heavy atom. The van der Waals surface area contributed by atoms with E-state index >= 15 is 0 Å². The van der Waals surface area contributed by atoms with E-state index in [-0.39, 0.29) is 6.61 Å². The van der Waals surface area contributed by atoms with E-state index in [4.69, 9.17) is 5.11 Å². The second-order valence-electron chi connectivity index (χ2n) is 3.93.